The van der Waals surface area contributed by atoms with Crippen LogP contribution in [0, 0.1) is 0 Å². The summed E-state index contributed by atoms with van der Waals surface area (Å²) in [6.07, 6.45) is 1.33. The maximum absolute atomic E-state index is 11.3. The Kier molecular flexibility index (Phi) is 5.36. The van der Waals surface area contributed by atoms with Crippen molar-refractivity contribution in [1.29, 1.82) is 0 Å². The van der Waals surface area contributed by atoms with E-state index in [4.69, 9.17) is 9.84 Å². The zero-order valence-electron chi connectivity index (χ0n) is 10.1. The summed E-state index contributed by atoms with van der Waals surface area (Å²) >= 11 is 0. The predicted molar refractivity (Wildman–Crippen MR) is 59.7 cm³/mol. The molecular formula is C11H21NO3. The third-order valence-corrected chi connectivity index (χ3v) is 1.53. The van der Waals surface area contributed by atoms with E-state index in [1.807, 2.05) is 27.7 Å². The second-order valence-electron chi connectivity index (χ2n) is 4.61. The van der Waals surface area contributed by atoms with Gasteiger partial charge in [-0.2, -0.15) is 0 Å². The SMILES string of the molecule is C/C(=C\[C@H](C)NC(=O)OC(C)(C)C)CO. The molecule has 1 amide bonds. The molecule has 15 heavy (non-hydrogen) atoms. The molecule has 0 aliphatic rings. The summed E-state index contributed by atoms with van der Waals surface area (Å²) in [5, 5.41) is 11.4. The normalized spacial score (nSPS) is 14.7. The number of amides is 1. The first-order chi connectivity index (χ1) is 6.74. The summed E-state index contributed by atoms with van der Waals surface area (Å²) in [5.74, 6) is 0. The molecule has 0 bridgehead atoms. The molecule has 0 aromatic rings. The van der Waals surface area contributed by atoms with Crippen LogP contribution in [-0.4, -0.2) is 29.4 Å². The summed E-state index contributed by atoms with van der Waals surface area (Å²) in [4.78, 5) is 11.3. The van der Waals surface area contributed by atoms with Crippen LogP contribution in [0.2, 0.25) is 0 Å². The van der Waals surface area contributed by atoms with Crippen LogP contribution in [0.4, 0.5) is 4.79 Å². The van der Waals surface area contributed by atoms with E-state index in [2.05, 4.69) is 5.32 Å². The van der Waals surface area contributed by atoms with Crippen LogP contribution >= 0.6 is 0 Å². The van der Waals surface area contributed by atoms with Crippen molar-refractivity contribution in [2.45, 2.75) is 46.3 Å². The van der Waals surface area contributed by atoms with Gasteiger partial charge in [-0.15, -0.1) is 0 Å². The Balaban J connectivity index is 4.08. The van der Waals surface area contributed by atoms with Gasteiger partial charge in [0.2, 0.25) is 0 Å². The van der Waals surface area contributed by atoms with E-state index in [9.17, 15) is 4.79 Å². The fourth-order valence-electron chi connectivity index (χ4n) is 1.01. The van der Waals surface area contributed by atoms with Crippen molar-refractivity contribution in [2.24, 2.45) is 0 Å². The molecule has 2 N–H and O–H groups in total. The van der Waals surface area contributed by atoms with Gasteiger partial charge in [0, 0.05) is 6.04 Å². The molecule has 0 aliphatic heterocycles. The van der Waals surface area contributed by atoms with Crippen LogP contribution in [0.5, 0.6) is 0 Å². The Morgan fingerprint density at radius 3 is 2.47 bits per heavy atom. The third-order valence-electron chi connectivity index (χ3n) is 1.53. The van der Waals surface area contributed by atoms with E-state index in [-0.39, 0.29) is 12.6 Å². The Bertz CT molecular complexity index is 241. The second-order valence-corrected chi connectivity index (χ2v) is 4.61. The van der Waals surface area contributed by atoms with E-state index in [1.54, 1.807) is 13.0 Å². The summed E-state index contributed by atoms with van der Waals surface area (Å²) < 4.78 is 5.08. The van der Waals surface area contributed by atoms with Crippen molar-refractivity contribution in [1.82, 2.24) is 5.32 Å². The zero-order valence-corrected chi connectivity index (χ0v) is 10.1. The Morgan fingerprint density at radius 2 is 2.07 bits per heavy atom. The minimum Gasteiger partial charge on any atom is -0.444 e. The highest BCUT2D eigenvalue weighted by Crippen LogP contribution is 2.07. The van der Waals surface area contributed by atoms with E-state index in [1.165, 1.54) is 0 Å². The number of rotatable bonds is 3. The maximum atomic E-state index is 11.3. The molecule has 0 fully saturated rings. The van der Waals surface area contributed by atoms with Gasteiger partial charge in [-0.1, -0.05) is 11.6 Å². The molecule has 0 spiro atoms. The number of hydrogen-bond donors (Lipinski definition) is 2. The van der Waals surface area contributed by atoms with Gasteiger partial charge in [0.1, 0.15) is 5.60 Å². The van der Waals surface area contributed by atoms with Crippen molar-refractivity contribution in [3.05, 3.63) is 11.6 Å². The Hall–Kier alpha value is -1.03. The standard InChI is InChI=1S/C11H21NO3/c1-8(7-13)6-9(2)12-10(14)15-11(3,4)5/h6,9,13H,7H2,1-5H3,(H,12,14)/b8-6+/t9-/m0/s1. The van der Waals surface area contributed by atoms with E-state index < -0.39 is 11.7 Å². The van der Waals surface area contributed by atoms with Gasteiger partial charge >= 0.3 is 6.09 Å². The number of carbonyl (C=O) groups is 1. The molecule has 4 nitrogen and oxygen atoms in total. The lowest BCUT2D eigenvalue weighted by Gasteiger charge is -2.21. The molecule has 4 heteroatoms. The smallest absolute Gasteiger partial charge is 0.408 e. The van der Waals surface area contributed by atoms with Crippen molar-refractivity contribution in [3.8, 4) is 0 Å². The molecular weight excluding hydrogens is 194 g/mol. The monoisotopic (exact) mass is 215 g/mol. The third kappa shape index (κ3) is 8.00. The first-order valence-corrected chi connectivity index (χ1v) is 5.02. The molecule has 0 rings (SSSR count). The Morgan fingerprint density at radius 1 is 1.53 bits per heavy atom. The van der Waals surface area contributed by atoms with Gasteiger partial charge in [0.25, 0.3) is 0 Å². The number of nitrogens with one attached hydrogen (secondary N) is 1. The number of aliphatic hydroxyl groups is 1. The van der Waals surface area contributed by atoms with Crippen molar-refractivity contribution in [3.63, 3.8) is 0 Å². The van der Waals surface area contributed by atoms with Gasteiger partial charge in [-0.25, -0.2) is 4.79 Å². The lowest BCUT2D eigenvalue weighted by molar-refractivity contribution is 0.0517. The highest BCUT2D eigenvalue weighted by molar-refractivity contribution is 5.68. The lowest BCUT2D eigenvalue weighted by Crippen LogP contribution is -2.37. The molecule has 0 aromatic heterocycles. The molecule has 0 saturated carbocycles. The molecule has 0 unspecified atom stereocenters. The highest BCUT2D eigenvalue weighted by atomic mass is 16.6. The van der Waals surface area contributed by atoms with E-state index in [0.29, 0.717) is 0 Å². The van der Waals surface area contributed by atoms with Gasteiger partial charge < -0.3 is 15.2 Å². The largest absolute Gasteiger partial charge is 0.444 e. The molecule has 0 aromatic carbocycles. The average molecular weight is 215 g/mol. The van der Waals surface area contributed by atoms with Crippen LogP contribution in [0.1, 0.15) is 34.6 Å². The molecule has 0 heterocycles. The predicted octanol–water partition coefficient (Wildman–Crippen LogP) is 1.84. The van der Waals surface area contributed by atoms with Crippen LogP contribution < -0.4 is 5.32 Å². The Labute approximate surface area is 91.3 Å². The minimum absolute atomic E-state index is 0.000336. The van der Waals surface area contributed by atoms with Gasteiger partial charge in [-0.3, -0.25) is 0 Å². The molecule has 88 valence electrons. The summed E-state index contributed by atoms with van der Waals surface area (Å²) in [7, 11) is 0. The molecule has 0 saturated heterocycles. The number of ether oxygens (including phenoxy) is 1. The van der Waals surface area contributed by atoms with E-state index >= 15 is 0 Å². The topological polar surface area (TPSA) is 58.6 Å². The van der Waals surface area contributed by atoms with Gasteiger partial charge in [0.15, 0.2) is 0 Å². The lowest BCUT2D eigenvalue weighted by atomic mass is 10.2. The van der Waals surface area contributed by atoms with Gasteiger partial charge in [0.05, 0.1) is 6.61 Å². The molecule has 0 aliphatic carbocycles. The quantitative estimate of drug-likeness (QED) is 0.706. The number of alkyl carbamates (subject to hydrolysis) is 1. The first-order valence-electron chi connectivity index (χ1n) is 5.02. The first kappa shape index (κ1) is 14.0. The molecule has 1 atom stereocenters. The maximum Gasteiger partial charge on any atom is 0.408 e. The average Bonchev–Trinajstić information content (AvgIpc) is 1.99. The number of carbonyl (C=O) groups excluding carboxylic acids is 1. The minimum atomic E-state index is -0.487. The van der Waals surface area contributed by atoms with Crippen molar-refractivity contribution < 1.29 is 14.6 Å². The summed E-state index contributed by atoms with van der Waals surface area (Å²) in [6.45, 7) is 9.06. The van der Waals surface area contributed by atoms with Crippen molar-refractivity contribution >= 4 is 6.09 Å². The van der Waals surface area contributed by atoms with Crippen molar-refractivity contribution in [2.75, 3.05) is 6.61 Å². The van der Waals surface area contributed by atoms with Crippen LogP contribution in [-0.2, 0) is 4.74 Å². The van der Waals surface area contributed by atoms with E-state index in [0.717, 1.165) is 5.57 Å². The number of aliphatic hydroxyl groups excluding tert-OH is 1. The fraction of sp³-hybridized carbons (Fsp3) is 0.727. The second kappa shape index (κ2) is 5.75. The molecule has 0 radical (unpaired) electrons. The summed E-state index contributed by atoms with van der Waals surface area (Å²) in [6, 6.07) is -0.146. The fourth-order valence-corrected chi connectivity index (χ4v) is 1.01. The van der Waals surface area contributed by atoms with Crippen LogP contribution in [0.15, 0.2) is 11.6 Å². The number of hydrogen-bond acceptors (Lipinski definition) is 3. The zero-order chi connectivity index (χ0) is 12.1. The highest BCUT2D eigenvalue weighted by Gasteiger charge is 2.16. The van der Waals surface area contributed by atoms with Gasteiger partial charge in [-0.05, 0) is 34.6 Å². The van der Waals surface area contributed by atoms with Crippen LogP contribution in [0.25, 0.3) is 0 Å². The van der Waals surface area contributed by atoms with Crippen LogP contribution in [0.3, 0.4) is 0 Å². The summed E-state index contributed by atoms with van der Waals surface area (Å²) in [5.41, 5.74) is 0.332.